The topological polar surface area (TPSA) is 26.3 Å². The second kappa shape index (κ2) is 4.78. The highest BCUT2D eigenvalue weighted by molar-refractivity contribution is 5.95. The van der Waals surface area contributed by atoms with Crippen LogP contribution < -0.4 is 0 Å². The van der Waals surface area contributed by atoms with Crippen LogP contribution in [0.15, 0.2) is 42.5 Å². The normalized spacial score (nSPS) is 17.1. The summed E-state index contributed by atoms with van der Waals surface area (Å²) in [7, 11) is 1.65. The second-order valence-electron chi connectivity index (χ2n) is 5.29. The van der Waals surface area contributed by atoms with E-state index in [-0.39, 0.29) is 5.78 Å². The Morgan fingerprint density at radius 3 is 2.58 bits per heavy atom. The van der Waals surface area contributed by atoms with Gasteiger partial charge < -0.3 is 4.74 Å². The van der Waals surface area contributed by atoms with Crippen LogP contribution in [0.3, 0.4) is 0 Å². The lowest BCUT2D eigenvalue weighted by Gasteiger charge is -2.39. The van der Waals surface area contributed by atoms with Crippen molar-refractivity contribution in [1.82, 2.24) is 0 Å². The van der Waals surface area contributed by atoms with Gasteiger partial charge in [0.25, 0.3) is 0 Å². The summed E-state index contributed by atoms with van der Waals surface area (Å²) >= 11 is 0. The van der Waals surface area contributed by atoms with E-state index in [0.29, 0.717) is 6.42 Å². The van der Waals surface area contributed by atoms with Crippen molar-refractivity contribution in [3.8, 4) is 0 Å². The Morgan fingerprint density at radius 1 is 1.16 bits per heavy atom. The molecule has 1 aliphatic rings. The average Bonchev–Trinajstić information content (AvgIpc) is 2.38. The molecule has 3 rings (SSSR count). The summed E-state index contributed by atoms with van der Waals surface area (Å²) in [5, 5.41) is 2.36. The highest BCUT2D eigenvalue weighted by atomic mass is 16.5. The number of ketones is 1. The first kappa shape index (κ1) is 12.4. The summed E-state index contributed by atoms with van der Waals surface area (Å²) in [6, 6.07) is 14.4. The molecule has 0 unspecified atom stereocenters. The highest BCUT2D eigenvalue weighted by Crippen LogP contribution is 2.37. The summed E-state index contributed by atoms with van der Waals surface area (Å²) in [5.74, 6) is 0.220. The first-order valence-corrected chi connectivity index (χ1v) is 6.80. The first-order valence-electron chi connectivity index (χ1n) is 6.80. The number of hydrogen-bond donors (Lipinski definition) is 0. The predicted octanol–water partition coefficient (Wildman–Crippen LogP) is 3.52. The standard InChI is InChI=1S/C17H18O2/c1-19-17(10-5-11-17)16(18)12-14-8-4-7-13-6-2-3-9-15(13)14/h2-4,6-9H,5,10-12H2,1H3. The van der Waals surface area contributed by atoms with Crippen molar-refractivity contribution in [1.29, 1.82) is 0 Å². The van der Waals surface area contributed by atoms with E-state index in [2.05, 4.69) is 18.2 Å². The Hall–Kier alpha value is -1.67. The van der Waals surface area contributed by atoms with Crippen LogP contribution in [0, 0.1) is 0 Å². The molecule has 0 bridgehead atoms. The maximum atomic E-state index is 12.5. The van der Waals surface area contributed by atoms with E-state index in [1.807, 2.05) is 24.3 Å². The predicted molar refractivity (Wildman–Crippen MR) is 76.3 cm³/mol. The number of fused-ring (bicyclic) bond motifs is 1. The van der Waals surface area contributed by atoms with Crippen molar-refractivity contribution in [2.24, 2.45) is 0 Å². The van der Waals surface area contributed by atoms with E-state index >= 15 is 0 Å². The fourth-order valence-corrected chi connectivity index (χ4v) is 2.88. The van der Waals surface area contributed by atoms with Crippen LogP contribution in [0.4, 0.5) is 0 Å². The zero-order chi connectivity index (χ0) is 13.3. The third-order valence-corrected chi connectivity index (χ3v) is 4.29. The lowest BCUT2D eigenvalue weighted by atomic mass is 9.75. The average molecular weight is 254 g/mol. The van der Waals surface area contributed by atoms with Crippen LogP contribution in [0.25, 0.3) is 10.8 Å². The first-order chi connectivity index (χ1) is 9.25. The van der Waals surface area contributed by atoms with Crippen LogP contribution in [0.5, 0.6) is 0 Å². The van der Waals surface area contributed by atoms with Gasteiger partial charge in [0.1, 0.15) is 5.60 Å². The molecule has 0 aromatic heterocycles. The van der Waals surface area contributed by atoms with E-state index in [1.165, 1.54) is 10.8 Å². The molecular weight excluding hydrogens is 236 g/mol. The molecule has 0 N–H and O–H groups in total. The van der Waals surface area contributed by atoms with E-state index in [0.717, 1.165) is 24.8 Å². The smallest absolute Gasteiger partial charge is 0.168 e. The molecule has 98 valence electrons. The Bertz CT molecular complexity index is 601. The Balaban J connectivity index is 1.91. The molecule has 1 saturated carbocycles. The Morgan fingerprint density at radius 2 is 1.89 bits per heavy atom. The molecule has 0 heterocycles. The lowest BCUT2D eigenvalue weighted by molar-refractivity contribution is -0.151. The van der Waals surface area contributed by atoms with Gasteiger partial charge in [-0.2, -0.15) is 0 Å². The molecule has 2 nitrogen and oxygen atoms in total. The maximum Gasteiger partial charge on any atom is 0.168 e. The summed E-state index contributed by atoms with van der Waals surface area (Å²) in [4.78, 5) is 12.5. The monoisotopic (exact) mass is 254 g/mol. The minimum atomic E-state index is -0.503. The van der Waals surface area contributed by atoms with Gasteiger partial charge in [0, 0.05) is 13.5 Å². The quantitative estimate of drug-likeness (QED) is 0.834. The highest BCUT2D eigenvalue weighted by Gasteiger charge is 2.43. The summed E-state index contributed by atoms with van der Waals surface area (Å²) < 4.78 is 5.47. The second-order valence-corrected chi connectivity index (χ2v) is 5.29. The third-order valence-electron chi connectivity index (χ3n) is 4.29. The molecule has 0 radical (unpaired) electrons. The number of benzene rings is 2. The molecule has 0 amide bonds. The van der Waals surface area contributed by atoms with E-state index in [4.69, 9.17) is 4.74 Å². The fraction of sp³-hybridized carbons (Fsp3) is 0.353. The van der Waals surface area contributed by atoms with Crippen molar-refractivity contribution in [3.05, 3.63) is 48.0 Å². The maximum absolute atomic E-state index is 12.5. The summed E-state index contributed by atoms with van der Waals surface area (Å²) in [5.41, 5.74) is 0.600. The lowest BCUT2D eigenvalue weighted by Crippen LogP contribution is -2.47. The van der Waals surface area contributed by atoms with Gasteiger partial charge in [-0.1, -0.05) is 42.5 Å². The minimum absolute atomic E-state index is 0.220. The molecule has 0 spiro atoms. The SMILES string of the molecule is COC1(C(=O)Cc2cccc3ccccc23)CCC1. The largest absolute Gasteiger partial charge is 0.370 e. The molecule has 2 aromatic rings. The van der Waals surface area contributed by atoms with E-state index in [9.17, 15) is 4.79 Å². The number of ether oxygens (including phenoxy) is 1. The number of Topliss-reactive ketones (excluding diaryl/α,β-unsaturated/α-hetero) is 1. The molecule has 1 fully saturated rings. The van der Waals surface area contributed by atoms with Crippen LogP contribution >= 0.6 is 0 Å². The third kappa shape index (κ3) is 2.06. The van der Waals surface area contributed by atoms with Crippen LogP contribution in [-0.4, -0.2) is 18.5 Å². The molecule has 0 atom stereocenters. The number of hydrogen-bond acceptors (Lipinski definition) is 2. The van der Waals surface area contributed by atoms with E-state index < -0.39 is 5.60 Å². The number of carbonyl (C=O) groups excluding carboxylic acids is 1. The Kier molecular flexibility index (Phi) is 3.11. The van der Waals surface area contributed by atoms with Crippen molar-refractivity contribution in [3.63, 3.8) is 0 Å². The number of methoxy groups -OCH3 is 1. The van der Waals surface area contributed by atoms with Gasteiger partial charge in [0.05, 0.1) is 0 Å². The van der Waals surface area contributed by atoms with Gasteiger partial charge in [0.2, 0.25) is 0 Å². The van der Waals surface area contributed by atoms with Gasteiger partial charge in [0.15, 0.2) is 5.78 Å². The zero-order valence-electron chi connectivity index (χ0n) is 11.2. The van der Waals surface area contributed by atoms with Crippen LogP contribution in [-0.2, 0) is 16.0 Å². The number of carbonyl (C=O) groups is 1. The van der Waals surface area contributed by atoms with Gasteiger partial charge >= 0.3 is 0 Å². The molecule has 0 aliphatic heterocycles. The summed E-state index contributed by atoms with van der Waals surface area (Å²) in [6.07, 6.45) is 3.30. The van der Waals surface area contributed by atoms with Crippen molar-refractivity contribution in [2.45, 2.75) is 31.3 Å². The van der Waals surface area contributed by atoms with Crippen LogP contribution in [0.2, 0.25) is 0 Å². The molecule has 0 saturated heterocycles. The van der Waals surface area contributed by atoms with Gasteiger partial charge in [-0.25, -0.2) is 0 Å². The van der Waals surface area contributed by atoms with Crippen LogP contribution in [0.1, 0.15) is 24.8 Å². The molecular formula is C17H18O2. The summed E-state index contributed by atoms with van der Waals surface area (Å²) in [6.45, 7) is 0. The van der Waals surface area contributed by atoms with Gasteiger partial charge in [-0.3, -0.25) is 4.79 Å². The zero-order valence-corrected chi connectivity index (χ0v) is 11.2. The van der Waals surface area contributed by atoms with Gasteiger partial charge in [-0.15, -0.1) is 0 Å². The van der Waals surface area contributed by atoms with Crippen molar-refractivity contribution in [2.75, 3.05) is 7.11 Å². The fourth-order valence-electron chi connectivity index (χ4n) is 2.88. The molecule has 19 heavy (non-hydrogen) atoms. The van der Waals surface area contributed by atoms with Crippen molar-refractivity contribution < 1.29 is 9.53 Å². The van der Waals surface area contributed by atoms with Gasteiger partial charge in [-0.05, 0) is 35.6 Å². The molecule has 2 heteroatoms. The minimum Gasteiger partial charge on any atom is -0.370 e. The van der Waals surface area contributed by atoms with E-state index in [1.54, 1.807) is 7.11 Å². The van der Waals surface area contributed by atoms with Crippen molar-refractivity contribution >= 4 is 16.6 Å². The molecule has 1 aliphatic carbocycles. The molecule has 2 aromatic carbocycles. The number of rotatable bonds is 4. The Labute approximate surface area is 113 Å².